The maximum absolute atomic E-state index is 11.2. The van der Waals surface area contributed by atoms with E-state index in [1.807, 2.05) is 0 Å². The minimum Gasteiger partial charge on any atom is -0.507 e. The molecular formula is C10H12O4. The largest absolute Gasteiger partial charge is 0.507 e. The number of carbonyl (C=O) groups is 1. The zero-order valence-electron chi connectivity index (χ0n) is 8.29. The molecule has 4 nitrogen and oxygen atoms in total. The lowest BCUT2D eigenvalue weighted by Crippen LogP contribution is -1.99. The Morgan fingerprint density at radius 2 is 2.00 bits per heavy atom. The topological polar surface area (TPSA) is 66.8 Å². The van der Waals surface area contributed by atoms with E-state index in [0.717, 1.165) is 0 Å². The highest BCUT2D eigenvalue weighted by molar-refractivity contribution is 6.00. The Labute approximate surface area is 81.8 Å². The lowest BCUT2D eigenvalue weighted by molar-refractivity contribution is 0.101. The Balaban J connectivity index is 3.55. The quantitative estimate of drug-likeness (QED) is 0.557. The Morgan fingerprint density at radius 3 is 2.43 bits per heavy atom. The smallest absolute Gasteiger partial charge is 0.175 e. The van der Waals surface area contributed by atoms with Gasteiger partial charge in [0.15, 0.2) is 17.3 Å². The Kier molecular flexibility index (Phi) is 2.65. The summed E-state index contributed by atoms with van der Waals surface area (Å²) in [5.74, 6) is -0.621. The van der Waals surface area contributed by atoms with Gasteiger partial charge < -0.3 is 14.9 Å². The lowest BCUT2D eigenvalue weighted by atomic mass is 10.1. The average Bonchev–Trinajstić information content (AvgIpc) is 2.09. The van der Waals surface area contributed by atoms with Crippen LogP contribution in [0.15, 0.2) is 6.07 Å². The SMILES string of the molecule is COc1c(O)c(C)cc(O)c1C(C)=O. The second kappa shape index (κ2) is 3.57. The molecule has 0 spiro atoms. The number of aromatic hydroxyl groups is 2. The summed E-state index contributed by atoms with van der Waals surface area (Å²) in [5, 5.41) is 19.0. The van der Waals surface area contributed by atoms with E-state index >= 15 is 0 Å². The van der Waals surface area contributed by atoms with E-state index in [4.69, 9.17) is 4.74 Å². The van der Waals surface area contributed by atoms with Crippen LogP contribution in [0.5, 0.6) is 17.2 Å². The molecule has 0 aliphatic rings. The van der Waals surface area contributed by atoms with Gasteiger partial charge in [0.05, 0.1) is 7.11 Å². The van der Waals surface area contributed by atoms with E-state index in [-0.39, 0.29) is 28.6 Å². The first kappa shape index (κ1) is 10.4. The molecule has 2 N–H and O–H groups in total. The molecule has 1 aromatic carbocycles. The van der Waals surface area contributed by atoms with Gasteiger partial charge in [-0.25, -0.2) is 0 Å². The number of Topliss-reactive ketones (excluding diaryl/α,β-unsaturated/α-hetero) is 1. The van der Waals surface area contributed by atoms with Crippen molar-refractivity contribution in [3.63, 3.8) is 0 Å². The Morgan fingerprint density at radius 1 is 1.43 bits per heavy atom. The number of rotatable bonds is 2. The molecule has 0 bridgehead atoms. The molecule has 0 aliphatic heterocycles. The van der Waals surface area contributed by atoms with Crippen LogP contribution in [-0.2, 0) is 0 Å². The number of phenols is 2. The third-order valence-corrected chi connectivity index (χ3v) is 1.98. The van der Waals surface area contributed by atoms with Gasteiger partial charge in [0, 0.05) is 0 Å². The van der Waals surface area contributed by atoms with Crippen molar-refractivity contribution in [3.05, 3.63) is 17.2 Å². The molecule has 0 unspecified atom stereocenters. The van der Waals surface area contributed by atoms with Gasteiger partial charge in [-0.3, -0.25) is 4.79 Å². The van der Waals surface area contributed by atoms with E-state index in [2.05, 4.69) is 0 Å². The van der Waals surface area contributed by atoms with Crippen LogP contribution in [0, 0.1) is 6.92 Å². The zero-order chi connectivity index (χ0) is 10.9. The Hall–Kier alpha value is -1.71. The molecular weight excluding hydrogens is 184 g/mol. The van der Waals surface area contributed by atoms with Crippen molar-refractivity contribution in [1.82, 2.24) is 0 Å². The predicted octanol–water partition coefficient (Wildman–Crippen LogP) is 1.62. The van der Waals surface area contributed by atoms with E-state index in [0.29, 0.717) is 5.56 Å². The second-order valence-corrected chi connectivity index (χ2v) is 3.03. The number of hydrogen-bond donors (Lipinski definition) is 2. The van der Waals surface area contributed by atoms with Crippen LogP contribution in [-0.4, -0.2) is 23.1 Å². The van der Waals surface area contributed by atoms with Crippen LogP contribution < -0.4 is 4.74 Å². The van der Waals surface area contributed by atoms with Crippen LogP contribution in [0.3, 0.4) is 0 Å². The highest BCUT2D eigenvalue weighted by Crippen LogP contribution is 2.39. The fourth-order valence-corrected chi connectivity index (χ4v) is 1.30. The van der Waals surface area contributed by atoms with Gasteiger partial charge in [0.1, 0.15) is 11.3 Å². The minimum atomic E-state index is -0.352. The summed E-state index contributed by atoms with van der Waals surface area (Å²) in [6, 6.07) is 1.33. The molecule has 0 atom stereocenters. The summed E-state index contributed by atoms with van der Waals surface area (Å²) < 4.78 is 4.87. The monoisotopic (exact) mass is 196 g/mol. The standard InChI is InChI=1S/C10H12O4/c1-5-4-7(12)8(6(2)11)10(14-3)9(5)13/h4,12-13H,1-3H3. The third kappa shape index (κ3) is 1.51. The summed E-state index contributed by atoms with van der Waals surface area (Å²) in [4.78, 5) is 11.2. The third-order valence-electron chi connectivity index (χ3n) is 1.98. The summed E-state index contributed by atoms with van der Waals surface area (Å²) in [6.45, 7) is 2.91. The van der Waals surface area contributed by atoms with Crippen molar-refractivity contribution in [3.8, 4) is 17.2 Å². The van der Waals surface area contributed by atoms with Gasteiger partial charge in [0.2, 0.25) is 0 Å². The fourth-order valence-electron chi connectivity index (χ4n) is 1.30. The van der Waals surface area contributed by atoms with Gasteiger partial charge in [-0.1, -0.05) is 0 Å². The lowest BCUT2D eigenvalue weighted by Gasteiger charge is -2.11. The van der Waals surface area contributed by atoms with Crippen molar-refractivity contribution < 1.29 is 19.7 Å². The normalized spacial score (nSPS) is 9.93. The molecule has 0 saturated heterocycles. The number of hydrogen-bond acceptors (Lipinski definition) is 4. The molecule has 4 heteroatoms. The molecule has 1 rings (SSSR count). The van der Waals surface area contributed by atoms with Crippen LogP contribution in [0.4, 0.5) is 0 Å². The number of ether oxygens (including phenoxy) is 1. The van der Waals surface area contributed by atoms with Gasteiger partial charge in [-0.05, 0) is 25.5 Å². The van der Waals surface area contributed by atoms with Gasteiger partial charge in [0.25, 0.3) is 0 Å². The van der Waals surface area contributed by atoms with Crippen molar-refractivity contribution in [1.29, 1.82) is 0 Å². The summed E-state index contributed by atoms with van der Waals surface area (Å²) in [6.07, 6.45) is 0. The summed E-state index contributed by atoms with van der Waals surface area (Å²) in [7, 11) is 1.33. The van der Waals surface area contributed by atoms with Crippen LogP contribution >= 0.6 is 0 Å². The number of aryl methyl sites for hydroxylation is 1. The first-order valence-electron chi connectivity index (χ1n) is 4.09. The van der Waals surface area contributed by atoms with Crippen molar-refractivity contribution in [2.45, 2.75) is 13.8 Å². The molecule has 0 saturated carbocycles. The van der Waals surface area contributed by atoms with Crippen LogP contribution in [0.1, 0.15) is 22.8 Å². The molecule has 1 aromatic rings. The maximum Gasteiger partial charge on any atom is 0.175 e. The van der Waals surface area contributed by atoms with Gasteiger partial charge >= 0.3 is 0 Å². The van der Waals surface area contributed by atoms with E-state index in [1.54, 1.807) is 6.92 Å². The van der Waals surface area contributed by atoms with Gasteiger partial charge in [-0.15, -0.1) is 0 Å². The van der Waals surface area contributed by atoms with Crippen LogP contribution in [0.2, 0.25) is 0 Å². The molecule has 0 fully saturated rings. The molecule has 0 radical (unpaired) electrons. The molecule has 0 aromatic heterocycles. The fraction of sp³-hybridized carbons (Fsp3) is 0.300. The molecule has 0 amide bonds. The highest BCUT2D eigenvalue weighted by Gasteiger charge is 2.19. The number of ketones is 1. The van der Waals surface area contributed by atoms with Crippen molar-refractivity contribution in [2.24, 2.45) is 0 Å². The summed E-state index contributed by atoms with van der Waals surface area (Å²) >= 11 is 0. The number of carbonyl (C=O) groups excluding carboxylic acids is 1. The maximum atomic E-state index is 11.2. The predicted molar refractivity (Wildman–Crippen MR) is 51.1 cm³/mol. The first-order chi connectivity index (χ1) is 6.49. The summed E-state index contributed by atoms with van der Waals surface area (Å²) in [5.41, 5.74) is 0.472. The number of methoxy groups -OCH3 is 1. The molecule has 0 aliphatic carbocycles. The second-order valence-electron chi connectivity index (χ2n) is 3.03. The van der Waals surface area contributed by atoms with E-state index in [9.17, 15) is 15.0 Å². The van der Waals surface area contributed by atoms with Gasteiger partial charge in [-0.2, -0.15) is 0 Å². The average molecular weight is 196 g/mol. The highest BCUT2D eigenvalue weighted by atomic mass is 16.5. The Bertz CT molecular complexity index is 382. The van der Waals surface area contributed by atoms with E-state index in [1.165, 1.54) is 20.1 Å². The number of benzene rings is 1. The van der Waals surface area contributed by atoms with Crippen molar-refractivity contribution >= 4 is 5.78 Å². The first-order valence-corrected chi connectivity index (χ1v) is 4.09. The van der Waals surface area contributed by atoms with Crippen molar-refractivity contribution in [2.75, 3.05) is 7.11 Å². The van der Waals surface area contributed by atoms with E-state index < -0.39 is 0 Å². The zero-order valence-corrected chi connectivity index (χ0v) is 8.29. The molecule has 76 valence electrons. The molecule has 0 heterocycles. The molecule has 14 heavy (non-hydrogen) atoms. The number of phenolic OH excluding ortho intramolecular Hbond substituents is 2. The van der Waals surface area contributed by atoms with Crippen LogP contribution in [0.25, 0.3) is 0 Å². The minimum absolute atomic E-state index is 0.00981.